The van der Waals surface area contributed by atoms with Crippen molar-refractivity contribution in [1.29, 1.82) is 0 Å². The summed E-state index contributed by atoms with van der Waals surface area (Å²) in [6.07, 6.45) is 4.43. The van der Waals surface area contributed by atoms with E-state index in [0.717, 1.165) is 55.6 Å². The Morgan fingerprint density at radius 3 is 2.51 bits per heavy atom. The summed E-state index contributed by atoms with van der Waals surface area (Å²) in [4.78, 5) is 18.2. The minimum absolute atomic E-state index is 0.120. The molecule has 2 aromatic heterocycles. The van der Waals surface area contributed by atoms with E-state index in [1.807, 2.05) is 22.9 Å². The van der Waals surface area contributed by atoms with Gasteiger partial charge in [-0.3, -0.25) is 9.69 Å². The number of hydrogen-bond donors (Lipinski definition) is 1. The summed E-state index contributed by atoms with van der Waals surface area (Å²) in [6.45, 7) is 4.89. The van der Waals surface area contributed by atoms with Crippen LogP contribution in [0, 0.1) is 0 Å². The second-order valence-electron chi connectivity index (χ2n) is 9.42. The molecule has 3 aliphatic rings. The van der Waals surface area contributed by atoms with E-state index in [1.165, 1.54) is 0 Å². The van der Waals surface area contributed by atoms with Gasteiger partial charge in [0.05, 0.1) is 30.8 Å². The molecule has 1 aromatic carbocycles. The molecule has 0 unspecified atom stereocenters. The van der Waals surface area contributed by atoms with Gasteiger partial charge in [-0.15, -0.1) is 5.10 Å². The first kappa shape index (κ1) is 22.4. The molecule has 0 spiro atoms. The Bertz CT molecular complexity index is 1230. The molecule has 2 atom stereocenters. The largest absolute Gasteiger partial charge is 0.486 e. The number of tetrazole rings is 1. The monoisotopic (exact) mass is 482 g/mol. The fourth-order valence-electron chi connectivity index (χ4n) is 5.07. The van der Waals surface area contributed by atoms with Crippen molar-refractivity contribution in [3.63, 3.8) is 0 Å². The predicted octanol–water partition coefficient (Wildman–Crippen LogP) is 1.65. The molecule has 186 valence electrons. The summed E-state index contributed by atoms with van der Waals surface area (Å²) in [6, 6.07) is 5.69. The minimum Gasteiger partial charge on any atom is -0.486 e. The first-order chi connectivity index (χ1) is 17.2. The molecule has 6 rings (SSSR count). The standard InChI is InChI=1S/C24H30N6O5/c31-24-17(9-16-10-21-22(11-20(16)25-24)35-8-7-34-21)12-29(13-18-3-1-5-32-18)15-23-26-27-28-30(23)14-19-4-2-6-33-19/h9-11,18-19H,1-8,12-15H2,(H,25,31)/t18-,19-/m0/s1. The molecule has 5 heterocycles. The summed E-state index contributed by atoms with van der Waals surface area (Å²) < 4.78 is 24.9. The van der Waals surface area contributed by atoms with Gasteiger partial charge in [-0.25, -0.2) is 4.68 Å². The van der Waals surface area contributed by atoms with Crippen molar-refractivity contribution in [2.45, 2.75) is 57.5 Å². The van der Waals surface area contributed by atoms with Gasteiger partial charge in [-0.1, -0.05) is 0 Å². The van der Waals surface area contributed by atoms with Crippen molar-refractivity contribution >= 4 is 10.9 Å². The Labute approximate surface area is 202 Å². The van der Waals surface area contributed by atoms with Crippen LogP contribution in [0.15, 0.2) is 23.0 Å². The number of aromatic amines is 1. The lowest BCUT2D eigenvalue weighted by Crippen LogP contribution is -2.34. The number of fused-ring (bicyclic) bond motifs is 2. The van der Waals surface area contributed by atoms with Crippen LogP contribution in [-0.4, -0.2) is 75.3 Å². The van der Waals surface area contributed by atoms with Crippen LogP contribution in [0.25, 0.3) is 10.9 Å². The lowest BCUT2D eigenvalue weighted by Gasteiger charge is -2.25. The normalized spacial score (nSPS) is 21.9. The second kappa shape index (κ2) is 9.92. The van der Waals surface area contributed by atoms with Crippen LogP contribution in [0.1, 0.15) is 37.1 Å². The summed E-state index contributed by atoms with van der Waals surface area (Å²) >= 11 is 0. The van der Waals surface area contributed by atoms with E-state index in [4.69, 9.17) is 18.9 Å². The van der Waals surface area contributed by atoms with Gasteiger partial charge in [0.25, 0.3) is 5.56 Å². The van der Waals surface area contributed by atoms with E-state index in [1.54, 1.807) is 0 Å². The van der Waals surface area contributed by atoms with Gasteiger partial charge in [0.2, 0.25) is 0 Å². The summed E-state index contributed by atoms with van der Waals surface area (Å²) in [5.41, 5.74) is 1.28. The van der Waals surface area contributed by atoms with E-state index >= 15 is 0 Å². The number of nitrogens with one attached hydrogen (secondary N) is 1. The highest BCUT2D eigenvalue weighted by Crippen LogP contribution is 2.33. The Morgan fingerprint density at radius 2 is 1.74 bits per heavy atom. The zero-order chi connectivity index (χ0) is 23.6. The van der Waals surface area contributed by atoms with Crippen LogP contribution in [0.5, 0.6) is 11.5 Å². The number of H-pyrrole nitrogens is 1. The maximum atomic E-state index is 13.0. The third kappa shape index (κ3) is 5.02. The number of rotatable bonds is 8. The Hall–Kier alpha value is -3.02. The van der Waals surface area contributed by atoms with Gasteiger partial charge in [-0.05, 0) is 48.2 Å². The first-order valence-corrected chi connectivity index (χ1v) is 12.4. The van der Waals surface area contributed by atoms with Crippen LogP contribution >= 0.6 is 0 Å². The van der Waals surface area contributed by atoms with Crippen molar-refractivity contribution in [2.75, 3.05) is 33.0 Å². The van der Waals surface area contributed by atoms with E-state index in [-0.39, 0.29) is 17.8 Å². The van der Waals surface area contributed by atoms with Crippen LogP contribution in [-0.2, 0) is 29.1 Å². The van der Waals surface area contributed by atoms with Crippen molar-refractivity contribution < 1.29 is 18.9 Å². The SMILES string of the molecule is O=c1[nH]c2cc3c(cc2cc1CN(Cc1nnnn1C[C@@H]1CCCO1)C[C@@H]1CCCO1)OCCO3. The average Bonchev–Trinajstić information content (AvgIpc) is 3.63. The van der Waals surface area contributed by atoms with Crippen LogP contribution in [0.2, 0.25) is 0 Å². The van der Waals surface area contributed by atoms with Gasteiger partial charge in [0.15, 0.2) is 17.3 Å². The zero-order valence-corrected chi connectivity index (χ0v) is 19.6. The number of pyridine rings is 1. The molecular formula is C24H30N6O5. The van der Waals surface area contributed by atoms with E-state index in [0.29, 0.717) is 56.5 Å². The molecule has 0 saturated carbocycles. The molecule has 2 fully saturated rings. The van der Waals surface area contributed by atoms with Crippen LogP contribution in [0.4, 0.5) is 0 Å². The molecule has 3 aromatic rings. The summed E-state index contributed by atoms with van der Waals surface area (Å²) in [5, 5.41) is 13.3. The lowest BCUT2D eigenvalue weighted by atomic mass is 10.1. The highest BCUT2D eigenvalue weighted by atomic mass is 16.6. The molecule has 0 bridgehead atoms. The van der Waals surface area contributed by atoms with Gasteiger partial charge in [-0.2, -0.15) is 0 Å². The molecule has 0 amide bonds. The second-order valence-corrected chi connectivity index (χ2v) is 9.42. The molecule has 35 heavy (non-hydrogen) atoms. The lowest BCUT2D eigenvalue weighted by molar-refractivity contribution is 0.0647. The average molecular weight is 483 g/mol. The van der Waals surface area contributed by atoms with Crippen molar-refractivity contribution in [1.82, 2.24) is 30.1 Å². The molecule has 1 N–H and O–H groups in total. The first-order valence-electron chi connectivity index (χ1n) is 12.4. The fraction of sp³-hybridized carbons (Fsp3) is 0.583. The van der Waals surface area contributed by atoms with Crippen LogP contribution < -0.4 is 15.0 Å². The molecule has 0 aliphatic carbocycles. The van der Waals surface area contributed by atoms with E-state index < -0.39 is 0 Å². The van der Waals surface area contributed by atoms with Crippen molar-refractivity contribution in [3.05, 3.63) is 39.9 Å². The van der Waals surface area contributed by atoms with Gasteiger partial charge < -0.3 is 23.9 Å². The van der Waals surface area contributed by atoms with E-state index in [9.17, 15) is 4.79 Å². The van der Waals surface area contributed by atoms with E-state index in [2.05, 4.69) is 25.4 Å². The Kier molecular flexibility index (Phi) is 6.36. The minimum atomic E-state index is -0.120. The molecule has 3 aliphatic heterocycles. The maximum Gasteiger partial charge on any atom is 0.252 e. The summed E-state index contributed by atoms with van der Waals surface area (Å²) in [5.74, 6) is 2.12. The molecule has 11 heteroatoms. The van der Waals surface area contributed by atoms with Crippen LogP contribution in [0.3, 0.4) is 0 Å². The number of benzene rings is 1. The van der Waals surface area contributed by atoms with Crippen molar-refractivity contribution in [3.8, 4) is 11.5 Å². The third-order valence-electron chi connectivity index (χ3n) is 6.84. The zero-order valence-electron chi connectivity index (χ0n) is 19.6. The van der Waals surface area contributed by atoms with Gasteiger partial charge in [0.1, 0.15) is 13.2 Å². The Morgan fingerprint density at radius 1 is 0.971 bits per heavy atom. The van der Waals surface area contributed by atoms with Gasteiger partial charge in [0, 0.05) is 43.3 Å². The topological polar surface area (TPSA) is 117 Å². The van der Waals surface area contributed by atoms with Gasteiger partial charge >= 0.3 is 0 Å². The fourth-order valence-corrected chi connectivity index (χ4v) is 5.07. The van der Waals surface area contributed by atoms with Crippen molar-refractivity contribution in [2.24, 2.45) is 0 Å². The quantitative estimate of drug-likeness (QED) is 0.511. The molecule has 11 nitrogen and oxygen atoms in total. The molecule has 0 radical (unpaired) electrons. The number of aromatic nitrogens is 5. The maximum absolute atomic E-state index is 13.0. The highest BCUT2D eigenvalue weighted by Gasteiger charge is 2.24. The Balaban J connectivity index is 1.25. The highest BCUT2D eigenvalue weighted by molar-refractivity contribution is 5.83. The third-order valence-corrected chi connectivity index (χ3v) is 6.84. The number of hydrogen-bond acceptors (Lipinski definition) is 9. The molecule has 2 saturated heterocycles. The number of nitrogens with zero attached hydrogens (tertiary/aromatic N) is 5. The number of ether oxygens (including phenoxy) is 4. The smallest absolute Gasteiger partial charge is 0.252 e. The predicted molar refractivity (Wildman–Crippen MR) is 125 cm³/mol. The summed E-state index contributed by atoms with van der Waals surface area (Å²) in [7, 11) is 0. The molecular weight excluding hydrogens is 452 g/mol.